The van der Waals surface area contributed by atoms with E-state index in [1.54, 1.807) is 11.5 Å². The Kier molecular flexibility index (Phi) is 4.02. The molecule has 1 amide bonds. The molecule has 0 aromatic heterocycles. The van der Waals surface area contributed by atoms with Crippen molar-refractivity contribution in [2.75, 3.05) is 6.54 Å². The molecule has 0 saturated heterocycles. The van der Waals surface area contributed by atoms with Crippen molar-refractivity contribution >= 4 is 11.8 Å². The molecule has 2 aromatic carbocycles. The van der Waals surface area contributed by atoms with Crippen molar-refractivity contribution in [2.24, 2.45) is 4.99 Å². The molecule has 1 aliphatic heterocycles. The van der Waals surface area contributed by atoms with Gasteiger partial charge in [-0.25, -0.2) is 10.5 Å². The highest BCUT2D eigenvalue weighted by Gasteiger charge is 2.27. The zero-order chi connectivity index (χ0) is 15.4. The highest BCUT2D eigenvalue weighted by molar-refractivity contribution is 5.98. The van der Waals surface area contributed by atoms with Gasteiger partial charge in [-0.05, 0) is 30.3 Å². The van der Waals surface area contributed by atoms with Crippen LogP contribution in [0.2, 0.25) is 0 Å². The first kappa shape index (κ1) is 14.1. The lowest BCUT2D eigenvalue weighted by atomic mass is 10.2. The van der Waals surface area contributed by atoms with E-state index in [2.05, 4.69) is 4.99 Å². The Morgan fingerprint density at radius 3 is 2.73 bits per heavy atom. The first-order valence-electron chi connectivity index (χ1n) is 6.74. The van der Waals surface area contributed by atoms with Crippen LogP contribution in [0.5, 0.6) is 11.5 Å². The number of aliphatic imine (C=N–C) groups is 1. The first-order valence-corrected chi connectivity index (χ1v) is 6.74. The molecule has 1 unspecified atom stereocenters. The summed E-state index contributed by atoms with van der Waals surface area (Å²) in [6, 6.07) is 16.7. The minimum absolute atomic E-state index is 0.172. The van der Waals surface area contributed by atoms with Gasteiger partial charge in [0.15, 0.2) is 6.10 Å². The van der Waals surface area contributed by atoms with Crippen molar-refractivity contribution in [3.05, 3.63) is 60.2 Å². The van der Waals surface area contributed by atoms with Crippen molar-refractivity contribution in [1.82, 2.24) is 5.48 Å². The number of benzene rings is 2. The monoisotopic (exact) mass is 298 g/mol. The summed E-state index contributed by atoms with van der Waals surface area (Å²) in [7, 11) is 0. The molecule has 0 radical (unpaired) electrons. The maximum absolute atomic E-state index is 11.3. The number of nitrogens with zero attached hydrogens (tertiary/aromatic N) is 1. The van der Waals surface area contributed by atoms with E-state index in [4.69, 9.17) is 14.7 Å². The van der Waals surface area contributed by atoms with Gasteiger partial charge in [0.05, 0.1) is 6.54 Å². The summed E-state index contributed by atoms with van der Waals surface area (Å²) in [5, 5.41) is 8.61. The zero-order valence-corrected chi connectivity index (χ0v) is 11.6. The average Bonchev–Trinajstić information content (AvgIpc) is 3.05. The van der Waals surface area contributed by atoms with Crippen molar-refractivity contribution in [3.8, 4) is 11.5 Å². The summed E-state index contributed by atoms with van der Waals surface area (Å²) in [4.78, 5) is 15.5. The molecule has 0 spiro atoms. The number of amides is 1. The Bertz CT molecular complexity index is 700. The normalized spacial score (nSPS) is 16.6. The molecule has 2 aromatic rings. The molecule has 0 saturated carbocycles. The molecule has 1 atom stereocenters. The highest BCUT2D eigenvalue weighted by atomic mass is 16.5. The molecule has 0 bridgehead atoms. The average molecular weight is 298 g/mol. The van der Waals surface area contributed by atoms with E-state index in [1.165, 1.54) is 0 Å². The molecule has 0 aliphatic carbocycles. The molecule has 6 heteroatoms. The van der Waals surface area contributed by atoms with Crippen LogP contribution in [-0.2, 0) is 9.53 Å². The fraction of sp³-hybridized carbons (Fsp3) is 0.125. The number of hydrogen-bond acceptors (Lipinski definition) is 5. The van der Waals surface area contributed by atoms with Gasteiger partial charge in [0.1, 0.15) is 11.5 Å². The molecule has 3 rings (SSSR count). The van der Waals surface area contributed by atoms with Crippen LogP contribution in [0.4, 0.5) is 0 Å². The second-order valence-corrected chi connectivity index (χ2v) is 4.67. The summed E-state index contributed by atoms with van der Waals surface area (Å²) >= 11 is 0. The van der Waals surface area contributed by atoms with Crippen LogP contribution in [0.25, 0.3) is 0 Å². The summed E-state index contributed by atoms with van der Waals surface area (Å²) in [5.41, 5.74) is 2.27. The van der Waals surface area contributed by atoms with Crippen LogP contribution < -0.4 is 10.2 Å². The SMILES string of the molecule is O=C(NO)C1CN=C(c2cccc(Oc3ccccc3)c2)O1. The lowest BCUT2D eigenvalue weighted by Gasteiger charge is -2.10. The van der Waals surface area contributed by atoms with E-state index in [0.717, 1.165) is 5.75 Å². The zero-order valence-electron chi connectivity index (χ0n) is 11.6. The van der Waals surface area contributed by atoms with E-state index in [1.807, 2.05) is 48.5 Å². The number of hydrogen-bond donors (Lipinski definition) is 2. The maximum atomic E-state index is 11.3. The molecule has 22 heavy (non-hydrogen) atoms. The first-order chi connectivity index (χ1) is 10.8. The van der Waals surface area contributed by atoms with Crippen LogP contribution >= 0.6 is 0 Å². The number of nitrogens with one attached hydrogen (secondary N) is 1. The van der Waals surface area contributed by atoms with Gasteiger partial charge in [-0.2, -0.15) is 0 Å². The second kappa shape index (κ2) is 6.28. The van der Waals surface area contributed by atoms with E-state index in [-0.39, 0.29) is 6.54 Å². The summed E-state index contributed by atoms with van der Waals surface area (Å²) in [6.45, 7) is 0.172. The number of ether oxygens (including phenoxy) is 2. The van der Waals surface area contributed by atoms with Gasteiger partial charge in [0.2, 0.25) is 5.90 Å². The summed E-state index contributed by atoms with van der Waals surface area (Å²) in [5.74, 6) is 1.11. The van der Waals surface area contributed by atoms with Gasteiger partial charge < -0.3 is 9.47 Å². The van der Waals surface area contributed by atoms with Crippen molar-refractivity contribution in [3.63, 3.8) is 0 Å². The summed E-state index contributed by atoms with van der Waals surface area (Å²) in [6.07, 6.45) is -0.807. The molecule has 112 valence electrons. The van der Waals surface area contributed by atoms with E-state index in [9.17, 15) is 4.79 Å². The van der Waals surface area contributed by atoms with Gasteiger partial charge in [-0.1, -0.05) is 24.3 Å². The summed E-state index contributed by atoms with van der Waals surface area (Å²) < 4.78 is 11.2. The molecule has 2 N–H and O–H groups in total. The third-order valence-electron chi connectivity index (χ3n) is 3.12. The van der Waals surface area contributed by atoms with E-state index in [0.29, 0.717) is 17.2 Å². The van der Waals surface area contributed by atoms with Crippen molar-refractivity contribution < 1.29 is 19.5 Å². The van der Waals surface area contributed by atoms with Gasteiger partial charge in [-0.3, -0.25) is 10.0 Å². The highest BCUT2D eigenvalue weighted by Crippen LogP contribution is 2.23. The van der Waals surface area contributed by atoms with Crippen molar-refractivity contribution in [2.45, 2.75) is 6.10 Å². The fourth-order valence-electron chi connectivity index (χ4n) is 2.06. The molecule has 1 aliphatic rings. The smallest absolute Gasteiger partial charge is 0.286 e. The predicted molar refractivity (Wildman–Crippen MR) is 79.2 cm³/mol. The van der Waals surface area contributed by atoms with Crippen LogP contribution in [0.15, 0.2) is 59.6 Å². The standard InChI is InChI=1S/C16H14N2O4/c19-15(18-20)14-10-17-16(22-14)11-5-4-8-13(9-11)21-12-6-2-1-3-7-12/h1-9,14,20H,10H2,(H,18,19). The molecule has 0 fully saturated rings. The quantitative estimate of drug-likeness (QED) is 0.669. The molecule has 1 heterocycles. The maximum Gasteiger partial charge on any atom is 0.286 e. The van der Waals surface area contributed by atoms with Crippen LogP contribution in [0.1, 0.15) is 5.56 Å². The minimum Gasteiger partial charge on any atom is -0.462 e. The second-order valence-electron chi connectivity index (χ2n) is 4.67. The Balaban J connectivity index is 1.74. The lowest BCUT2D eigenvalue weighted by molar-refractivity contribution is -0.135. The van der Waals surface area contributed by atoms with Gasteiger partial charge in [0.25, 0.3) is 5.91 Å². The Labute approximate surface area is 127 Å². The number of rotatable bonds is 4. The van der Waals surface area contributed by atoms with Gasteiger partial charge in [-0.15, -0.1) is 0 Å². The molecular formula is C16H14N2O4. The van der Waals surface area contributed by atoms with E-state index >= 15 is 0 Å². The fourth-order valence-corrected chi connectivity index (χ4v) is 2.06. The lowest BCUT2D eigenvalue weighted by Crippen LogP contribution is -2.34. The Morgan fingerprint density at radius 2 is 1.95 bits per heavy atom. The van der Waals surface area contributed by atoms with Crippen LogP contribution in [0, 0.1) is 0 Å². The molecule has 6 nitrogen and oxygen atoms in total. The third kappa shape index (κ3) is 3.07. The largest absolute Gasteiger partial charge is 0.462 e. The number of carbonyl (C=O) groups excluding carboxylic acids is 1. The number of para-hydroxylation sites is 1. The van der Waals surface area contributed by atoms with Crippen molar-refractivity contribution in [1.29, 1.82) is 0 Å². The van der Waals surface area contributed by atoms with Crippen LogP contribution in [0.3, 0.4) is 0 Å². The van der Waals surface area contributed by atoms with E-state index < -0.39 is 12.0 Å². The van der Waals surface area contributed by atoms with Crippen LogP contribution in [-0.4, -0.2) is 29.7 Å². The number of carbonyl (C=O) groups is 1. The minimum atomic E-state index is -0.807. The van der Waals surface area contributed by atoms with Gasteiger partial charge >= 0.3 is 0 Å². The molecular weight excluding hydrogens is 284 g/mol. The topological polar surface area (TPSA) is 80.2 Å². The third-order valence-corrected chi connectivity index (χ3v) is 3.12. The predicted octanol–water partition coefficient (Wildman–Crippen LogP) is 2.13. The number of hydroxylamine groups is 1. The Hall–Kier alpha value is -2.86. The Morgan fingerprint density at radius 1 is 1.18 bits per heavy atom. The van der Waals surface area contributed by atoms with Gasteiger partial charge in [0, 0.05) is 5.56 Å².